The number of benzene rings is 1. The Morgan fingerprint density at radius 2 is 2.10 bits per heavy atom. The second-order valence-corrected chi connectivity index (χ2v) is 5.09. The molecule has 1 aromatic carbocycles. The summed E-state index contributed by atoms with van der Waals surface area (Å²) in [4.78, 5) is 22.8. The number of H-pyrrole nitrogens is 1. The lowest BCUT2D eigenvalue weighted by Gasteiger charge is -2.07. The van der Waals surface area contributed by atoms with Gasteiger partial charge in [-0.1, -0.05) is 44.2 Å². The maximum atomic E-state index is 11.7. The summed E-state index contributed by atoms with van der Waals surface area (Å²) in [5, 5.41) is 2.81. The molecule has 0 aliphatic heterocycles. The number of guanidine groups is 1. The predicted octanol–water partition coefficient (Wildman–Crippen LogP) is 1.82. The molecule has 0 amide bonds. The van der Waals surface area contributed by atoms with Crippen LogP contribution in [-0.2, 0) is 0 Å². The number of hydrogen-bond acceptors (Lipinski definition) is 3. The van der Waals surface area contributed by atoms with E-state index in [0.29, 0.717) is 18.2 Å². The number of rotatable bonds is 4. The van der Waals surface area contributed by atoms with Gasteiger partial charge in [-0.2, -0.15) is 0 Å². The highest BCUT2D eigenvalue weighted by molar-refractivity contribution is 5.90. The molecule has 0 aliphatic carbocycles. The molecule has 0 spiro atoms. The first-order valence-electron chi connectivity index (χ1n) is 6.78. The van der Waals surface area contributed by atoms with Gasteiger partial charge in [-0.3, -0.25) is 20.1 Å². The van der Waals surface area contributed by atoms with Gasteiger partial charge in [0.15, 0.2) is 5.96 Å². The molecule has 0 atom stereocenters. The highest BCUT2D eigenvalue weighted by atomic mass is 16.1. The van der Waals surface area contributed by atoms with Gasteiger partial charge in [0.25, 0.3) is 5.56 Å². The van der Waals surface area contributed by atoms with Crippen LogP contribution in [0.3, 0.4) is 0 Å². The first kappa shape index (κ1) is 14.8. The highest BCUT2D eigenvalue weighted by Gasteiger charge is 2.04. The second-order valence-electron chi connectivity index (χ2n) is 5.09. The molecule has 6 heteroatoms. The van der Waals surface area contributed by atoms with E-state index in [0.717, 1.165) is 5.56 Å². The van der Waals surface area contributed by atoms with Gasteiger partial charge in [-0.05, 0) is 5.92 Å². The zero-order chi connectivity index (χ0) is 15.2. The number of aromatic amines is 1. The summed E-state index contributed by atoms with van der Waals surface area (Å²) in [7, 11) is 0. The van der Waals surface area contributed by atoms with E-state index in [4.69, 9.17) is 5.73 Å². The van der Waals surface area contributed by atoms with Crippen LogP contribution >= 0.6 is 0 Å². The molecule has 0 radical (unpaired) electrons. The smallest absolute Gasteiger partial charge is 0.252 e. The lowest BCUT2D eigenvalue weighted by molar-refractivity contribution is 0.665. The zero-order valence-electron chi connectivity index (χ0n) is 12.1. The Hall–Kier alpha value is -2.63. The number of aromatic nitrogens is 2. The minimum absolute atomic E-state index is 0.233. The topological polar surface area (TPSA) is 96.2 Å². The molecule has 0 saturated heterocycles. The third-order valence-corrected chi connectivity index (χ3v) is 2.68. The van der Waals surface area contributed by atoms with E-state index in [-0.39, 0.29) is 17.5 Å². The third kappa shape index (κ3) is 4.45. The fraction of sp³-hybridized carbons (Fsp3) is 0.267. The fourth-order valence-corrected chi connectivity index (χ4v) is 1.72. The van der Waals surface area contributed by atoms with Crippen LogP contribution in [0.4, 0.5) is 5.95 Å². The normalized spacial score (nSPS) is 11.7. The number of aliphatic imine (C=N–C) groups is 1. The molecule has 110 valence electrons. The van der Waals surface area contributed by atoms with Crippen LogP contribution in [0.1, 0.15) is 13.8 Å². The zero-order valence-corrected chi connectivity index (χ0v) is 12.1. The maximum Gasteiger partial charge on any atom is 0.252 e. The second kappa shape index (κ2) is 6.69. The molecule has 21 heavy (non-hydrogen) atoms. The summed E-state index contributed by atoms with van der Waals surface area (Å²) in [6, 6.07) is 10.9. The van der Waals surface area contributed by atoms with Crippen LogP contribution in [0.2, 0.25) is 0 Å². The largest absolute Gasteiger partial charge is 0.370 e. The first-order valence-corrected chi connectivity index (χ1v) is 6.78. The number of hydrogen-bond donors (Lipinski definition) is 3. The van der Waals surface area contributed by atoms with Crippen molar-refractivity contribution in [2.24, 2.45) is 16.6 Å². The van der Waals surface area contributed by atoms with Gasteiger partial charge in [0.2, 0.25) is 5.95 Å². The summed E-state index contributed by atoms with van der Waals surface area (Å²) >= 11 is 0. The number of nitrogens with one attached hydrogen (secondary N) is 2. The Bertz CT molecular complexity index is 676. The minimum Gasteiger partial charge on any atom is -0.370 e. The molecule has 0 saturated carbocycles. The van der Waals surface area contributed by atoms with Crippen molar-refractivity contribution in [1.82, 2.24) is 9.97 Å². The van der Waals surface area contributed by atoms with Crippen molar-refractivity contribution in [2.45, 2.75) is 13.8 Å². The summed E-state index contributed by atoms with van der Waals surface area (Å²) in [6.45, 7) is 4.71. The SMILES string of the molecule is CC(C)CN=C(N)Nc1nc(-c2ccccc2)cc(=O)[nH]1. The molecule has 0 unspecified atom stereocenters. The van der Waals surface area contributed by atoms with Gasteiger partial charge in [0.05, 0.1) is 5.69 Å². The highest BCUT2D eigenvalue weighted by Crippen LogP contribution is 2.15. The van der Waals surface area contributed by atoms with Crippen molar-refractivity contribution >= 4 is 11.9 Å². The van der Waals surface area contributed by atoms with E-state index >= 15 is 0 Å². The molecule has 1 aromatic heterocycles. The summed E-state index contributed by atoms with van der Waals surface area (Å²) in [5.74, 6) is 0.927. The third-order valence-electron chi connectivity index (χ3n) is 2.68. The number of nitrogens with two attached hydrogens (primary N) is 1. The molecular weight excluding hydrogens is 266 g/mol. The molecule has 0 bridgehead atoms. The van der Waals surface area contributed by atoms with Gasteiger partial charge in [-0.15, -0.1) is 0 Å². The standard InChI is InChI=1S/C15H19N5O/c1-10(2)9-17-14(16)20-15-18-12(8-13(21)19-15)11-6-4-3-5-7-11/h3-8,10H,9H2,1-2H3,(H4,16,17,18,19,20,21). The number of nitrogens with zero attached hydrogens (tertiary/aromatic N) is 2. The lowest BCUT2D eigenvalue weighted by Crippen LogP contribution is -2.26. The van der Waals surface area contributed by atoms with Crippen molar-refractivity contribution in [1.29, 1.82) is 0 Å². The molecular formula is C15H19N5O. The maximum absolute atomic E-state index is 11.7. The van der Waals surface area contributed by atoms with Gasteiger partial charge in [0.1, 0.15) is 0 Å². The van der Waals surface area contributed by atoms with E-state index in [9.17, 15) is 4.79 Å². The summed E-state index contributed by atoms with van der Waals surface area (Å²) in [6.07, 6.45) is 0. The average Bonchev–Trinajstić information content (AvgIpc) is 2.45. The van der Waals surface area contributed by atoms with Gasteiger partial charge >= 0.3 is 0 Å². The molecule has 2 rings (SSSR count). The van der Waals surface area contributed by atoms with Gasteiger partial charge in [0, 0.05) is 18.2 Å². The quantitative estimate of drug-likeness (QED) is 0.589. The Morgan fingerprint density at radius 1 is 1.38 bits per heavy atom. The van der Waals surface area contributed by atoms with Crippen LogP contribution in [0.5, 0.6) is 0 Å². The van der Waals surface area contributed by atoms with E-state index in [2.05, 4.69) is 20.3 Å². The summed E-state index contributed by atoms with van der Waals surface area (Å²) in [5.41, 5.74) is 6.97. The molecule has 6 nitrogen and oxygen atoms in total. The van der Waals surface area contributed by atoms with Crippen LogP contribution < -0.4 is 16.6 Å². The fourth-order valence-electron chi connectivity index (χ4n) is 1.72. The summed E-state index contributed by atoms with van der Waals surface area (Å²) < 4.78 is 0. The predicted molar refractivity (Wildman–Crippen MR) is 85.2 cm³/mol. The Balaban J connectivity index is 2.24. The Kier molecular flexibility index (Phi) is 4.71. The molecule has 0 fully saturated rings. The minimum atomic E-state index is -0.247. The monoisotopic (exact) mass is 285 g/mol. The van der Waals surface area contributed by atoms with Gasteiger partial charge < -0.3 is 5.73 Å². The van der Waals surface area contributed by atoms with Crippen LogP contribution in [0.25, 0.3) is 11.3 Å². The number of anilines is 1. The van der Waals surface area contributed by atoms with E-state index < -0.39 is 0 Å². The van der Waals surface area contributed by atoms with Crippen molar-refractivity contribution < 1.29 is 0 Å². The first-order chi connectivity index (χ1) is 10.0. The molecule has 4 N–H and O–H groups in total. The van der Waals surface area contributed by atoms with Crippen LogP contribution in [0.15, 0.2) is 46.2 Å². The Labute approximate surface area is 123 Å². The van der Waals surface area contributed by atoms with Crippen molar-refractivity contribution in [3.05, 3.63) is 46.8 Å². The molecule has 2 aromatic rings. The van der Waals surface area contributed by atoms with Crippen molar-refractivity contribution in [2.75, 3.05) is 11.9 Å². The van der Waals surface area contributed by atoms with Crippen LogP contribution in [-0.4, -0.2) is 22.5 Å². The lowest BCUT2D eigenvalue weighted by atomic mass is 10.1. The van der Waals surface area contributed by atoms with Crippen molar-refractivity contribution in [3.63, 3.8) is 0 Å². The van der Waals surface area contributed by atoms with E-state index in [1.165, 1.54) is 6.07 Å². The van der Waals surface area contributed by atoms with E-state index in [1.807, 2.05) is 44.2 Å². The average molecular weight is 285 g/mol. The molecule has 0 aliphatic rings. The Morgan fingerprint density at radius 3 is 2.76 bits per heavy atom. The molecule has 1 heterocycles. The van der Waals surface area contributed by atoms with Gasteiger partial charge in [-0.25, -0.2) is 4.98 Å². The van der Waals surface area contributed by atoms with E-state index in [1.54, 1.807) is 0 Å². The van der Waals surface area contributed by atoms with Crippen LogP contribution in [0, 0.1) is 5.92 Å². The van der Waals surface area contributed by atoms with Crippen molar-refractivity contribution in [3.8, 4) is 11.3 Å².